The second-order valence-corrected chi connectivity index (χ2v) is 5.90. The number of rotatable bonds is 6. The standard InChI is InChI=1S/C14H28N2O2/c1-3-12-4-6-14(18,7-5-12)10-16-13(17)8-11(2)9-15/h11-12,18H,3-10,15H2,1-2H3,(H,16,17). The Kier molecular flexibility index (Phi) is 6.09. The van der Waals surface area contributed by atoms with E-state index < -0.39 is 5.60 Å². The molecule has 0 aliphatic heterocycles. The first-order chi connectivity index (χ1) is 8.49. The van der Waals surface area contributed by atoms with Gasteiger partial charge in [0.2, 0.25) is 5.91 Å². The third-order valence-corrected chi connectivity index (χ3v) is 4.16. The summed E-state index contributed by atoms with van der Waals surface area (Å²) in [6, 6.07) is 0. The van der Waals surface area contributed by atoms with Gasteiger partial charge in [-0.2, -0.15) is 0 Å². The number of carbonyl (C=O) groups excluding carboxylic acids is 1. The van der Waals surface area contributed by atoms with Crippen LogP contribution in [0.1, 0.15) is 52.4 Å². The summed E-state index contributed by atoms with van der Waals surface area (Å²) in [4.78, 5) is 11.6. The number of amides is 1. The Hall–Kier alpha value is -0.610. The Bertz CT molecular complexity index is 261. The first-order valence-corrected chi connectivity index (χ1v) is 7.18. The minimum atomic E-state index is -0.687. The van der Waals surface area contributed by atoms with Crippen LogP contribution in [-0.4, -0.2) is 29.7 Å². The number of aliphatic hydroxyl groups is 1. The van der Waals surface area contributed by atoms with Gasteiger partial charge in [0.05, 0.1) is 5.60 Å². The van der Waals surface area contributed by atoms with Crippen molar-refractivity contribution in [2.24, 2.45) is 17.6 Å². The quantitative estimate of drug-likeness (QED) is 0.673. The SMILES string of the molecule is CCC1CCC(O)(CNC(=O)CC(C)CN)CC1. The summed E-state index contributed by atoms with van der Waals surface area (Å²) in [5.41, 5.74) is 4.80. The molecule has 0 aromatic heterocycles. The zero-order valence-electron chi connectivity index (χ0n) is 11.7. The van der Waals surface area contributed by atoms with E-state index in [0.717, 1.165) is 31.6 Å². The molecule has 1 unspecified atom stereocenters. The molecule has 0 saturated heterocycles. The number of carbonyl (C=O) groups is 1. The van der Waals surface area contributed by atoms with Crippen molar-refractivity contribution in [1.82, 2.24) is 5.32 Å². The third kappa shape index (κ3) is 4.94. The summed E-state index contributed by atoms with van der Waals surface area (Å²) in [5, 5.41) is 13.2. The van der Waals surface area contributed by atoms with Gasteiger partial charge in [0.15, 0.2) is 0 Å². The molecule has 0 heterocycles. The Morgan fingerprint density at radius 3 is 2.61 bits per heavy atom. The number of nitrogens with one attached hydrogen (secondary N) is 1. The largest absolute Gasteiger partial charge is 0.388 e. The molecular weight excluding hydrogens is 228 g/mol. The second kappa shape index (κ2) is 7.10. The molecule has 4 N–H and O–H groups in total. The molecule has 0 radical (unpaired) electrons. The topological polar surface area (TPSA) is 75.3 Å². The Balaban J connectivity index is 2.28. The van der Waals surface area contributed by atoms with Crippen LogP contribution in [0, 0.1) is 11.8 Å². The zero-order valence-corrected chi connectivity index (χ0v) is 11.7. The van der Waals surface area contributed by atoms with Crippen LogP contribution in [0.5, 0.6) is 0 Å². The highest BCUT2D eigenvalue weighted by molar-refractivity contribution is 5.76. The van der Waals surface area contributed by atoms with Gasteiger partial charge in [-0.15, -0.1) is 0 Å². The first-order valence-electron chi connectivity index (χ1n) is 7.18. The van der Waals surface area contributed by atoms with E-state index in [4.69, 9.17) is 5.73 Å². The molecule has 1 aliphatic carbocycles. The molecule has 1 atom stereocenters. The van der Waals surface area contributed by atoms with E-state index in [2.05, 4.69) is 12.2 Å². The molecule has 1 fully saturated rings. The van der Waals surface area contributed by atoms with E-state index in [9.17, 15) is 9.90 Å². The molecule has 0 bridgehead atoms. The molecular formula is C14H28N2O2. The van der Waals surface area contributed by atoms with Crippen LogP contribution in [0.15, 0.2) is 0 Å². The lowest BCUT2D eigenvalue weighted by atomic mass is 9.78. The van der Waals surface area contributed by atoms with Gasteiger partial charge in [0.1, 0.15) is 0 Å². The maximum Gasteiger partial charge on any atom is 0.220 e. The van der Waals surface area contributed by atoms with Crippen molar-refractivity contribution in [3.05, 3.63) is 0 Å². The Morgan fingerprint density at radius 1 is 1.50 bits per heavy atom. The second-order valence-electron chi connectivity index (χ2n) is 5.90. The van der Waals surface area contributed by atoms with E-state index >= 15 is 0 Å². The van der Waals surface area contributed by atoms with E-state index in [0.29, 0.717) is 19.5 Å². The van der Waals surface area contributed by atoms with Crippen molar-refractivity contribution in [2.75, 3.05) is 13.1 Å². The summed E-state index contributed by atoms with van der Waals surface area (Å²) >= 11 is 0. The summed E-state index contributed by atoms with van der Waals surface area (Å²) in [6.45, 7) is 5.07. The molecule has 1 amide bonds. The van der Waals surface area contributed by atoms with Gasteiger partial charge in [-0.1, -0.05) is 20.3 Å². The fraction of sp³-hybridized carbons (Fsp3) is 0.929. The van der Waals surface area contributed by atoms with Crippen molar-refractivity contribution in [3.8, 4) is 0 Å². The lowest BCUT2D eigenvalue weighted by Crippen LogP contribution is -2.45. The average molecular weight is 256 g/mol. The fourth-order valence-corrected chi connectivity index (χ4v) is 2.54. The van der Waals surface area contributed by atoms with Crippen LogP contribution in [-0.2, 0) is 4.79 Å². The summed E-state index contributed by atoms with van der Waals surface area (Å²) in [6.07, 6.45) is 5.39. The van der Waals surface area contributed by atoms with E-state index in [1.807, 2.05) is 6.92 Å². The van der Waals surface area contributed by atoms with Gasteiger partial charge < -0.3 is 16.2 Å². The predicted molar refractivity (Wildman–Crippen MR) is 73.0 cm³/mol. The van der Waals surface area contributed by atoms with E-state index in [1.54, 1.807) is 0 Å². The van der Waals surface area contributed by atoms with Crippen molar-refractivity contribution in [3.63, 3.8) is 0 Å². The molecule has 4 nitrogen and oxygen atoms in total. The molecule has 1 saturated carbocycles. The Morgan fingerprint density at radius 2 is 2.11 bits per heavy atom. The van der Waals surface area contributed by atoms with Crippen LogP contribution in [0.4, 0.5) is 0 Å². The number of hydrogen-bond acceptors (Lipinski definition) is 3. The highest BCUT2D eigenvalue weighted by atomic mass is 16.3. The monoisotopic (exact) mass is 256 g/mol. The zero-order chi connectivity index (χ0) is 13.6. The van der Waals surface area contributed by atoms with Crippen LogP contribution >= 0.6 is 0 Å². The van der Waals surface area contributed by atoms with Gasteiger partial charge in [0, 0.05) is 13.0 Å². The van der Waals surface area contributed by atoms with Crippen molar-refractivity contribution in [2.45, 2.75) is 58.0 Å². The highest BCUT2D eigenvalue weighted by Gasteiger charge is 2.32. The molecule has 0 aromatic carbocycles. The van der Waals surface area contributed by atoms with Crippen molar-refractivity contribution in [1.29, 1.82) is 0 Å². The van der Waals surface area contributed by atoms with Gasteiger partial charge in [-0.05, 0) is 44.1 Å². The summed E-state index contributed by atoms with van der Waals surface area (Å²) in [7, 11) is 0. The van der Waals surface area contributed by atoms with Gasteiger partial charge in [-0.3, -0.25) is 4.79 Å². The molecule has 4 heteroatoms. The highest BCUT2D eigenvalue weighted by Crippen LogP contribution is 2.33. The third-order valence-electron chi connectivity index (χ3n) is 4.16. The average Bonchev–Trinajstić information content (AvgIpc) is 2.37. The molecule has 0 spiro atoms. The van der Waals surface area contributed by atoms with E-state index in [-0.39, 0.29) is 11.8 Å². The van der Waals surface area contributed by atoms with Crippen LogP contribution in [0.25, 0.3) is 0 Å². The van der Waals surface area contributed by atoms with Crippen LogP contribution in [0.3, 0.4) is 0 Å². The first kappa shape index (κ1) is 15.4. The van der Waals surface area contributed by atoms with E-state index in [1.165, 1.54) is 6.42 Å². The lowest BCUT2D eigenvalue weighted by Gasteiger charge is -2.35. The molecule has 1 rings (SSSR count). The number of nitrogens with two attached hydrogens (primary N) is 1. The molecule has 106 valence electrons. The maximum atomic E-state index is 11.6. The summed E-state index contributed by atoms with van der Waals surface area (Å²) < 4.78 is 0. The molecule has 0 aromatic rings. The molecule has 1 aliphatic rings. The lowest BCUT2D eigenvalue weighted by molar-refractivity contribution is -0.123. The normalized spacial score (nSPS) is 29.9. The van der Waals surface area contributed by atoms with Crippen molar-refractivity contribution < 1.29 is 9.90 Å². The Labute approximate surface area is 110 Å². The van der Waals surface area contributed by atoms with Crippen LogP contribution in [0.2, 0.25) is 0 Å². The number of hydrogen-bond donors (Lipinski definition) is 3. The predicted octanol–water partition coefficient (Wildman–Crippen LogP) is 1.42. The fourth-order valence-electron chi connectivity index (χ4n) is 2.54. The van der Waals surface area contributed by atoms with Gasteiger partial charge >= 0.3 is 0 Å². The minimum Gasteiger partial charge on any atom is -0.388 e. The molecule has 18 heavy (non-hydrogen) atoms. The minimum absolute atomic E-state index is 0.000935. The van der Waals surface area contributed by atoms with Gasteiger partial charge in [-0.25, -0.2) is 0 Å². The van der Waals surface area contributed by atoms with Gasteiger partial charge in [0.25, 0.3) is 0 Å². The van der Waals surface area contributed by atoms with Crippen molar-refractivity contribution >= 4 is 5.91 Å². The summed E-state index contributed by atoms with van der Waals surface area (Å²) in [5.74, 6) is 0.952. The maximum absolute atomic E-state index is 11.6. The van der Waals surface area contributed by atoms with Crippen LogP contribution < -0.4 is 11.1 Å². The smallest absolute Gasteiger partial charge is 0.220 e.